The number of nitrogens with one attached hydrogen (secondary N) is 1. The molecule has 0 aliphatic carbocycles. The number of nitrogens with two attached hydrogens (primary N) is 1. The van der Waals surface area contributed by atoms with Crippen LogP contribution in [0.5, 0.6) is 5.75 Å². The average molecular weight is 266 g/mol. The molecule has 1 amide bonds. The first-order valence-corrected chi connectivity index (χ1v) is 4.76. The summed E-state index contributed by atoms with van der Waals surface area (Å²) in [6, 6.07) is 3.31. The second-order valence-corrected chi connectivity index (χ2v) is 3.52. The van der Waals surface area contributed by atoms with Crippen molar-refractivity contribution in [2.24, 2.45) is 0 Å². The van der Waals surface area contributed by atoms with Crippen LogP contribution in [0.25, 0.3) is 0 Å². The normalized spacial score (nSPS) is 11.6. The van der Waals surface area contributed by atoms with E-state index in [0.29, 0.717) is 0 Å². The Morgan fingerprint density at radius 1 is 1.44 bits per heavy atom. The zero-order chi connectivity index (χ0) is 13.9. The van der Waals surface area contributed by atoms with Crippen LogP contribution in [0, 0.1) is 0 Å². The molecule has 100 valence electrons. The highest BCUT2D eigenvalue weighted by Gasteiger charge is 2.40. The van der Waals surface area contributed by atoms with E-state index in [1.54, 1.807) is 5.32 Å². The van der Waals surface area contributed by atoms with Gasteiger partial charge in [-0.25, -0.2) is 8.78 Å². The fraction of sp³-hybridized carbons (Fsp3) is 0.300. The molecule has 0 unspecified atom stereocenters. The minimum absolute atomic E-state index is 0.00413. The van der Waals surface area contributed by atoms with Crippen LogP contribution >= 0.6 is 0 Å². The van der Waals surface area contributed by atoms with Gasteiger partial charge in [-0.2, -0.15) is 8.78 Å². The molecule has 1 rings (SSSR count). The number of nitrogen functional groups attached to an aromatic ring is 1. The Bertz CT molecular complexity index is 452. The first-order valence-electron chi connectivity index (χ1n) is 4.76. The fourth-order valence-corrected chi connectivity index (χ4v) is 1.06. The number of benzene rings is 1. The Kier molecular flexibility index (Phi) is 4.00. The van der Waals surface area contributed by atoms with Crippen molar-refractivity contribution in [2.75, 3.05) is 12.3 Å². The summed E-state index contributed by atoms with van der Waals surface area (Å²) in [7, 11) is 0. The van der Waals surface area contributed by atoms with Crippen molar-refractivity contribution in [1.29, 1.82) is 0 Å². The summed E-state index contributed by atoms with van der Waals surface area (Å²) < 4.78 is 48.7. The van der Waals surface area contributed by atoms with Crippen LogP contribution in [0.1, 0.15) is 10.4 Å². The molecule has 0 saturated carbocycles. The highest BCUT2D eigenvalue weighted by Crippen LogP contribution is 2.23. The standard InChI is InChI=1S/C10H10F4N2O2/c11-9(12)10(13,14)4-16-8(18)5-1-2-6(15)7(17)3-5/h1-3,9,17H,4,15H2,(H,16,18). The third kappa shape index (κ3) is 3.25. The van der Waals surface area contributed by atoms with E-state index in [-0.39, 0.29) is 11.3 Å². The third-order valence-corrected chi connectivity index (χ3v) is 2.10. The van der Waals surface area contributed by atoms with E-state index in [2.05, 4.69) is 0 Å². The molecule has 0 aromatic heterocycles. The summed E-state index contributed by atoms with van der Waals surface area (Å²) in [6.07, 6.45) is -3.86. The lowest BCUT2D eigenvalue weighted by molar-refractivity contribution is -0.123. The monoisotopic (exact) mass is 266 g/mol. The van der Waals surface area contributed by atoms with E-state index in [4.69, 9.17) is 5.73 Å². The van der Waals surface area contributed by atoms with Gasteiger partial charge in [0.15, 0.2) is 0 Å². The Balaban J connectivity index is 2.69. The lowest BCUT2D eigenvalue weighted by atomic mass is 10.1. The third-order valence-electron chi connectivity index (χ3n) is 2.10. The van der Waals surface area contributed by atoms with Crippen molar-refractivity contribution in [1.82, 2.24) is 5.32 Å². The highest BCUT2D eigenvalue weighted by molar-refractivity contribution is 5.95. The number of carbonyl (C=O) groups excluding carboxylic acids is 1. The number of anilines is 1. The molecule has 1 aromatic carbocycles. The summed E-state index contributed by atoms with van der Waals surface area (Å²) in [6.45, 7) is -1.49. The maximum Gasteiger partial charge on any atom is 0.324 e. The molecule has 4 nitrogen and oxygen atoms in total. The van der Waals surface area contributed by atoms with Gasteiger partial charge < -0.3 is 16.2 Å². The Labute approximate surface area is 99.4 Å². The summed E-state index contributed by atoms with van der Waals surface area (Å²) in [4.78, 5) is 11.3. The van der Waals surface area contributed by atoms with Gasteiger partial charge >= 0.3 is 12.3 Å². The molecule has 0 bridgehead atoms. The second-order valence-electron chi connectivity index (χ2n) is 3.52. The van der Waals surface area contributed by atoms with E-state index in [9.17, 15) is 27.5 Å². The molecule has 0 spiro atoms. The first kappa shape index (κ1) is 14.1. The van der Waals surface area contributed by atoms with Crippen LogP contribution in [0.3, 0.4) is 0 Å². The van der Waals surface area contributed by atoms with Gasteiger partial charge in [-0.15, -0.1) is 0 Å². The molecular weight excluding hydrogens is 256 g/mol. The van der Waals surface area contributed by atoms with Crippen molar-refractivity contribution in [3.05, 3.63) is 23.8 Å². The Morgan fingerprint density at radius 3 is 2.56 bits per heavy atom. The highest BCUT2D eigenvalue weighted by atomic mass is 19.3. The average Bonchev–Trinajstić information content (AvgIpc) is 2.29. The number of hydrogen-bond acceptors (Lipinski definition) is 3. The molecule has 0 saturated heterocycles. The topological polar surface area (TPSA) is 75.4 Å². The van der Waals surface area contributed by atoms with Gasteiger partial charge in [0.2, 0.25) is 0 Å². The molecule has 0 aliphatic rings. The molecule has 0 aliphatic heterocycles. The number of hydrogen-bond donors (Lipinski definition) is 3. The van der Waals surface area contributed by atoms with Gasteiger partial charge in [0.05, 0.1) is 12.2 Å². The lowest BCUT2D eigenvalue weighted by Gasteiger charge is -2.15. The van der Waals surface area contributed by atoms with E-state index < -0.39 is 30.5 Å². The van der Waals surface area contributed by atoms with Crippen molar-refractivity contribution in [3.63, 3.8) is 0 Å². The summed E-state index contributed by atoms with van der Waals surface area (Å²) in [5.41, 5.74) is 5.11. The smallest absolute Gasteiger partial charge is 0.324 e. The van der Waals surface area contributed by atoms with Crippen molar-refractivity contribution >= 4 is 11.6 Å². The summed E-state index contributed by atoms with van der Waals surface area (Å²) in [5.74, 6) is -5.71. The molecule has 0 heterocycles. The number of rotatable bonds is 4. The maximum atomic E-state index is 12.5. The SMILES string of the molecule is Nc1ccc(C(=O)NCC(F)(F)C(F)F)cc1O. The van der Waals surface area contributed by atoms with Gasteiger partial charge in [0, 0.05) is 5.56 Å². The van der Waals surface area contributed by atoms with Crippen LogP contribution < -0.4 is 11.1 Å². The molecule has 8 heteroatoms. The van der Waals surface area contributed by atoms with E-state index in [1.807, 2.05) is 0 Å². The number of aromatic hydroxyl groups is 1. The molecule has 0 fully saturated rings. The summed E-state index contributed by atoms with van der Waals surface area (Å²) >= 11 is 0. The van der Waals surface area contributed by atoms with Crippen LogP contribution in [0.15, 0.2) is 18.2 Å². The molecule has 0 radical (unpaired) electrons. The fourth-order valence-electron chi connectivity index (χ4n) is 1.06. The zero-order valence-electron chi connectivity index (χ0n) is 8.96. The number of carbonyl (C=O) groups is 1. The number of phenolic OH excluding ortho intramolecular Hbond substituents is 1. The molecule has 4 N–H and O–H groups in total. The van der Waals surface area contributed by atoms with Crippen LogP contribution in [-0.4, -0.2) is 29.9 Å². The minimum Gasteiger partial charge on any atom is -0.506 e. The zero-order valence-corrected chi connectivity index (χ0v) is 8.96. The van der Waals surface area contributed by atoms with E-state index in [0.717, 1.165) is 6.07 Å². The quantitative estimate of drug-likeness (QED) is 0.440. The van der Waals surface area contributed by atoms with Crippen molar-refractivity contribution in [3.8, 4) is 5.75 Å². The number of phenols is 1. The number of amides is 1. The van der Waals surface area contributed by atoms with Crippen LogP contribution in [0.2, 0.25) is 0 Å². The van der Waals surface area contributed by atoms with E-state index >= 15 is 0 Å². The summed E-state index contributed by atoms with van der Waals surface area (Å²) in [5, 5.41) is 10.8. The maximum absolute atomic E-state index is 12.5. The number of alkyl halides is 4. The minimum atomic E-state index is -4.30. The van der Waals surface area contributed by atoms with Gasteiger partial charge in [0.25, 0.3) is 5.91 Å². The van der Waals surface area contributed by atoms with E-state index in [1.165, 1.54) is 12.1 Å². The van der Waals surface area contributed by atoms with Gasteiger partial charge in [-0.1, -0.05) is 0 Å². The van der Waals surface area contributed by atoms with Crippen LogP contribution in [-0.2, 0) is 0 Å². The van der Waals surface area contributed by atoms with Gasteiger partial charge in [-0.05, 0) is 18.2 Å². The molecule has 18 heavy (non-hydrogen) atoms. The molecular formula is C10H10F4N2O2. The van der Waals surface area contributed by atoms with Crippen LogP contribution in [0.4, 0.5) is 23.2 Å². The Morgan fingerprint density at radius 2 is 2.06 bits per heavy atom. The predicted molar refractivity (Wildman–Crippen MR) is 55.8 cm³/mol. The van der Waals surface area contributed by atoms with Gasteiger partial charge in [-0.3, -0.25) is 4.79 Å². The van der Waals surface area contributed by atoms with Crippen molar-refractivity contribution < 1.29 is 27.5 Å². The predicted octanol–water partition coefficient (Wildman–Crippen LogP) is 1.60. The van der Waals surface area contributed by atoms with Gasteiger partial charge in [0.1, 0.15) is 5.75 Å². The second kappa shape index (κ2) is 5.11. The Hall–Kier alpha value is -1.99. The molecule has 1 aromatic rings. The largest absolute Gasteiger partial charge is 0.506 e. The lowest BCUT2D eigenvalue weighted by Crippen LogP contribution is -2.41. The van der Waals surface area contributed by atoms with Crippen molar-refractivity contribution in [2.45, 2.75) is 12.3 Å². The number of halogens is 4. The molecule has 0 atom stereocenters. The first-order chi connectivity index (χ1) is 8.24.